The Kier molecular flexibility index (Phi) is 7.39. The number of anilines is 1. The highest BCUT2D eigenvalue weighted by Gasteiger charge is 2.44. The lowest BCUT2D eigenvalue weighted by Gasteiger charge is -2.27. The van der Waals surface area contributed by atoms with Crippen LogP contribution in [-0.4, -0.2) is 37.6 Å². The molecule has 3 aromatic carbocycles. The third-order valence-corrected chi connectivity index (χ3v) is 5.85. The summed E-state index contributed by atoms with van der Waals surface area (Å²) in [5.41, 5.74) is 1.88. The number of allylic oxidation sites excluding steroid dienone is 1. The molecule has 0 spiro atoms. The quantitative estimate of drug-likeness (QED) is 0.415. The fourth-order valence-electron chi connectivity index (χ4n) is 4.16. The average Bonchev–Trinajstić information content (AvgIpc) is 3.18. The van der Waals surface area contributed by atoms with E-state index in [1.165, 1.54) is 25.2 Å². The van der Waals surface area contributed by atoms with Crippen molar-refractivity contribution in [2.45, 2.75) is 13.0 Å². The van der Waals surface area contributed by atoms with E-state index in [1.54, 1.807) is 48.5 Å². The van der Waals surface area contributed by atoms with Gasteiger partial charge in [-0.05, 0) is 60.5 Å². The lowest BCUT2D eigenvalue weighted by molar-refractivity contribution is -0.117. The van der Waals surface area contributed by atoms with Crippen LogP contribution in [0.4, 0.5) is 5.69 Å². The van der Waals surface area contributed by atoms with E-state index in [0.717, 1.165) is 5.56 Å². The number of aliphatic hydroxyl groups excluding tert-OH is 1. The monoisotopic (exact) mass is 485 g/mol. The van der Waals surface area contributed by atoms with Crippen molar-refractivity contribution in [3.63, 3.8) is 0 Å². The number of aliphatic hydroxyl groups is 1. The van der Waals surface area contributed by atoms with Gasteiger partial charge in [0.25, 0.3) is 5.91 Å². The molecule has 1 unspecified atom stereocenters. The largest absolute Gasteiger partial charge is 0.503 e. The zero-order valence-electron chi connectivity index (χ0n) is 20.3. The number of rotatable bonds is 9. The summed E-state index contributed by atoms with van der Waals surface area (Å²) in [5, 5.41) is 10.9. The number of ketones is 1. The maximum atomic E-state index is 13.4. The van der Waals surface area contributed by atoms with E-state index in [9.17, 15) is 14.7 Å². The number of amides is 1. The molecule has 0 aromatic heterocycles. The molecule has 0 radical (unpaired) electrons. The van der Waals surface area contributed by atoms with E-state index >= 15 is 0 Å². The van der Waals surface area contributed by atoms with Gasteiger partial charge < -0.3 is 19.3 Å². The van der Waals surface area contributed by atoms with Crippen LogP contribution in [0.3, 0.4) is 0 Å². The number of methoxy groups -OCH3 is 2. The van der Waals surface area contributed by atoms with Crippen molar-refractivity contribution in [2.75, 3.05) is 25.7 Å². The Balaban J connectivity index is 1.80. The number of carbonyl (C=O) groups excluding carboxylic acids is 2. The van der Waals surface area contributed by atoms with Crippen molar-refractivity contribution in [3.05, 3.63) is 101 Å². The summed E-state index contributed by atoms with van der Waals surface area (Å²) >= 11 is 0. The van der Waals surface area contributed by atoms with Crippen LogP contribution in [0, 0.1) is 0 Å². The maximum Gasteiger partial charge on any atom is 0.294 e. The van der Waals surface area contributed by atoms with E-state index in [1.807, 2.05) is 37.3 Å². The van der Waals surface area contributed by atoms with Crippen LogP contribution in [-0.2, 0) is 9.59 Å². The SMILES string of the molecule is CCOc1ccc(N2C(=O)C(O)=C(C(=O)C=Cc3ccccc3)C2c2ccc(OC)c(OC)c2)cc1. The van der Waals surface area contributed by atoms with Gasteiger partial charge in [-0.3, -0.25) is 14.5 Å². The van der Waals surface area contributed by atoms with Gasteiger partial charge in [-0.1, -0.05) is 42.5 Å². The molecule has 3 aromatic rings. The number of carbonyl (C=O) groups is 2. The Morgan fingerprint density at radius 3 is 2.31 bits per heavy atom. The Hall–Kier alpha value is -4.52. The summed E-state index contributed by atoms with van der Waals surface area (Å²) in [6, 6.07) is 20.5. The van der Waals surface area contributed by atoms with Crippen LogP contribution in [0.15, 0.2) is 90.2 Å². The minimum Gasteiger partial charge on any atom is -0.503 e. The molecule has 7 heteroatoms. The van der Waals surface area contributed by atoms with Crippen molar-refractivity contribution in [3.8, 4) is 17.2 Å². The lowest BCUT2D eigenvalue weighted by Crippen LogP contribution is -2.30. The molecule has 1 amide bonds. The van der Waals surface area contributed by atoms with Gasteiger partial charge in [-0.2, -0.15) is 0 Å². The molecule has 0 bridgehead atoms. The van der Waals surface area contributed by atoms with E-state index < -0.39 is 23.5 Å². The van der Waals surface area contributed by atoms with Crippen molar-refractivity contribution in [1.82, 2.24) is 0 Å². The minimum atomic E-state index is -0.886. The Bertz CT molecular complexity index is 1310. The second-order valence-electron chi connectivity index (χ2n) is 7.99. The molecule has 36 heavy (non-hydrogen) atoms. The Labute approximate surface area is 209 Å². The van der Waals surface area contributed by atoms with Crippen LogP contribution in [0.2, 0.25) is 0 Å². The van der Waals surface area contributed by atoms with Gasteiger partial charge in [-0.15, -0.1) is 0 Å². The van der Waals surface area contributed by atoms with Crippen molar-refractivity contribution < 1.29 is 28.9 Å². The fourth-order valence-corrected chi connectivity index (χ4v) is 4.16. The molecular weight excluding hydrogens is 458 g/mol. The number of hydrogen-bond donors (Lipinski definition) is 1. The normalized spacial score (nSPS) is 15.5. The molecule has 1 heterocycles. The van der Waals surface area contributed by atoms with Crippen LogP contribution in [0.1, 0.15) is 24.1 Å². The highest BCUT2D eigenvalue weighted by Crippen LogP contribution is 2.43. The molecule has 1 aliphatic rings. The van der Waals surface area contributed by atoms with Crippen molar-refractivity contribution in [2.24, 2.45) is 0 Å². The summed E-state index contributed by atoms with van der Waals surface area (Å²) in [4.78, 5) is 28.1. The van der Waals surface area contributed by atoms with Crippen LogP contribution >= 0.6 is 0 Å². The molecule has 184 valence electrons. The van der Waals surface area contributed by atoms with Crippen LogP contribution in [0.25, 0.3) is 6.08 Å². The second kappa shape index (κ2) is 10.8. The number of benzene rings is 3. The molecule has 1 aliphatic heterocycles. The van der Waals surface area contributed by atoms with Crippen LogP contribution < -0.4 is 19.1 Å². The second-order valence-corrected chi connectivity index (χ2v) is 7.99. The molecule has 7 nitrogen and oxygen atoms in total. The van der Waals surface area contributed by atoms with Gasteiger partial charge in [-0.25, -0.2) is 0 Å². The number of hydrogen-bond acceptors (Lipinski definition) is 6. The average molecular weight is 486 g/mol. The molecule has 0 aliphatic carbocycles. The first-order chi connectivity index (χ1) is 17.5. The fraction of sp³-hybridized carbons (Fsp3) is 0.172. The summed E-state index contributed by atoms with van der Waals surface area (Å²) in [5.74, 6) is -0.148. The Morgan fingerprint density at radius 1 is 0.972 bits per heavy atom. The molecule has 1 N–H and O–H groups in total. The molecule has 4 rings (SSSR count). The number of nitrogens with zero attached hydrogens (tertiary/aromatic N) is 1. The third kappa shape index (κ3) is 4.81. The summed E-state index contributed by atoms with van der Waals surface area (Å²) < 4.78 is 16.3. The van der Waals surface area contributed by atoms with Gasteiger partial charge in [0.05, 0.1) is 32.4 Å². The van der Waals surface area contributed by atoms with Gasteiger partial charge in [0.15, 0.2) is 23.0 Å². The zero-order valence-corrected chi connectivity index (χ0v) is 20.3. The summed E-state index contributed by atoms with van der Waals surface area (Å²) in [6.07, 6.45) is 3.02. The van der Waals surface area contributed by atoms with E-state index in [2.05, 4.69) is 0 Å². The van der Waals surface area contributed by atoms with E-state index in [4.69, 9.17) is 14.2 Å². The highest BCUT2D eigenvalue weighted by atomic mass is 16.5. The lowest BCUT2D eigenvalue weighted by atomic mass is 9.95. The van der Waals surface area contributed by atoms with Crippen LogP contribution in [0.5, 0.6) is 17.2 Å². The predicted octanol–water partition coefficient (Wildman–Crippen LogP) is 5.29. The summed E-state index contributed by atoms with van der Waals surface area (Å²) in [7, 11) is 3.03. The smallest absolute Gasteiger partial charge is 0.294 e. The molecule has 0 saturated heterocycles. The molecular formula is C29H27NO6. The van der Waals surface area contributed by atoms with Gasteiger partial charge in [0.2, 0.25) is 0 Å². The highest BCUT2D eigenvalue weighted by molar-refractivity contribution is 6.19. The zero-order chi connectivity index (χ0) is 25.7. The van der Waals surface area contributed by atoms with Gasteiger partial charge in [0, 0.05) is 5.69 Å². The third-order valence-electron chi connectivity index (χ3n) is 5.85. The van der Waals surface area contributed by atoms with Gasteiger partial charge in [0.1, 0.15) is 5.75 Å². The topological polar surface area (TPSA) is 85.3 Å². The van der Waals surface area contributed by atoms with Crippen molar-refractivity contribution >= 4 is 23.5 Å². The standard InChI is InChI=1S/C29H27NO6/c1-4-36-22-14-12-21(13-15-22)30-27(20-11-17-24(34-2)25(18-20)35-3)26(28(32)29(30)33)23(31)16-10-19-8-6-5-7-9-19/h5-18,27,32H,4H2,1-3H3. The first-order valence-corrected chi connectivity index (χ1v) is 11.5. The molecule has 1 atom stereocenters. The minimum absolute atomic E-state index is 0.0201. The van der Waals surface area contributed by atoms with E-state index in [0.29, 0.717) is 35.1 Å². The summed E-state index contributed by atoms with van der Waals surface area (Å²) in [6.45, 7) is 2.39. The number of ether oxygens (including phenoxy) is 3. The predicted molar refractivity (Wildman–Crippen MR) is 138 cm³/mol. The first-order valence-electron chi connectivity index (χ1n) is 11.5. The van der Waals surface area contributed by atoms with Crippen molar-refractivity contribution in [1.29, 1.82) is 0 Å². The maximum absolute atomic E-state index is 13.4. The Morgan fingerprint density at radius 2 is 1.67 bits per heavy atom. The molecule has 0 saturated carbocycles. The first kappa shape index (κ1) is 24.6. The molecule has 0 fully saturated rings. The van der Waals surface area contributed by atoms with E-state index in [-0.39, 0.29) is 5.57 Å². The van der Waals surface area contributed by atoms with Gasteiger partial charge >= 0.3 is 0 Å².